The van der Waals surface area contributed by atoms with Crippen molar-refractivity contribution in [3.05, 3.63) is 83.4 Å². The number of fused-ring (bicyclic) bond motifs is 2. The molecule has 1 aliphatic rings. The fourth-order valence-electron chi connectivity index (χ4n) is 4.02. The lowest BCUT2D eigenvalue weighted by atomic mass is 10.1. The minimum atomic E-state index is -4.18. The average molecular weight is 537 g/mol. The highest BCUT2D eigenvalue weighted by atomic mass is 32.2. The molecule has 2 amide bonds. The molecule has 0 fully saturated rings. The number of ether oxygens (including phenoxy) is 2. The second kappa shape index (κ2) is 10.9. The van der Waals surface area contributed by atoms with Gasteiger partial charge >= 0.3 is 11.9 Å². The summed E-state index contributed by atoms with van der Waals surface area (Å²) in [5, 5.41) is 2.60. The zero-order chi connectivity index (χ0) is 27.4. The van der Waals surface area contributed by atoms with Crippen LogP contribution in [-0.2, 0) is 24.1 Å². The van der Waals surface area contributed by atoms with Crippen LogP contribution in [0.4, 0.5) is 11.4 Å². The van der Waals surface area contributed by atoms with Gasteiger partial charge in [-0.05, 0) is 56.3 Å². The zero-order valence-electron chi connectivity index (χ0n) is 20.6. The van der Waals surface area contributed by atoms with Crippen molar-refractivity contribution in [3.8, 4) is 0 Å². The molecule has 0 radical (unpaired) electrons. The van der Waals surface area contributed by atoms with Gasteiger partial charge in [0, 0.05) is 0 Å². The summed E-state index contributed by atoms with van der Waals surface area (Å²) in [5.41, 5.74) is 0.0128. The van der Waals surface area contributed by atoms with E-state index in [0.29, 0.717) is 0 Å². The summed E-state index contributed by atoms with van der Waals surface area (Å²) >= 11 is 0. The van der Waals surface area contributed by atoms with Crippen LogP contribution in [0.2, 0.25) is 0 Å². The number of rotatable bonds is 7. The smallest absolute Gasteiger partial charge is 0.340 e. The molecule has 1 N–H and O–H groups in total. The molecule has 11 heteroatoms. The lowest BCUT2D eigenvalue weighted by Crippen LogP contribution is -2.38. The van der Waals surface area contributed by atoms with E-state index >= 15 is 0 Å². The fraction of sp³-hybridized carbons (Fsp3) is 0.185. The summed E-state index contributed by atoms with van der Waals surface area (Å²) in [6, 6.07) is 15.6. The number of para-hydroxylation sites is 1. The van der Waals surface area contributed by atoms with Gasteiger partial charge in [0.25, 0.3) is 5.91 Å². The van der Waals surface area contributed by atoms with Crippen LogP contribution in [-0.4, -0.2) is 51.9 Å². The van der Waals surface area contributed by atoms with Crippen LogP contribution in [0.25, 0.3) is 0 Å². The van der Waals surface area contributed by atoms with Crippen LogP contribution >= 0.6 is 0 Å². The Balaban J connectivity index is 1.78. The average Bonchev–Trinajstić information content (AvgIpc) is 2.97. The van der Waals surface area contributed by atoms with E-state index in [-0.39, 0.29) is 51.1 Å². The Bertz CT molecular complexity index is 1550. The van der Waals surface area contributed by atoms with Gasteiger partial charge in [-0.15, -0.1) is 0 Å². The predicted octanol–water partition coefficient (Wildman–Crippen LogP) is 3.47. The Labute approximate surface area is 219 Å². The maximum atomic E-state index is 13.6. The number of hydrogen-bond donors (Lipinski definition) is 1. The van der Waals surface area contributed by atoms with Crippen molar-refractivity contribution in [1.82, 2.24) is 0 Å². The van der Waals surface area contributed by atoms with Gasteiger partial charge in [0.2, 0.25) is 15.7 Å². The van der Waals surface area contributed by atoms with Crippen LogP contribution < -0.4 is 10.2 Å². The second-order valence-corrected chi connectivity index (χ2v) is 9.99. The largest absolute Gasteiger partial charge is 0.462 e. The molecule has 1 aliphatic heterocycles. The molecule has 0 unspecified atom stereocenters. The van der Waals surface area contributed by atoms with Gasteiger partial charge in [-0.25, -0.2) is 18.0 Å². The summed E-state index contributed by atoms with van der Waals surface area (Å²) in [6.45, 7) is 2.88. The number of sulfone groups is 1. The highest BCUT2D eigenvalue weighted by Crippen LogP contribution is 2.37. The van der Waals surface area contributed by atoms with Crippen molar-refractivity contribution < 1.29 is 37.1 Å². The molecule has 0 aliphatic carbocycles. The molecule has 0 saturated heterocycles. The molecule has 3 aromatic carbocycles. The highest BCUT2D eigenvalue weighted by molar-refractivity contribution is 7.91. The number of amides is 2. The normalized spacial score (nSPS) is 13.5. The van der Waals surface area contributed by atoms with Crippen LogP contribution in [0.5, 0.6) is 0 Å². The van der Waals surface area contributed by atoms with Crippen LogP contribution in [0.15, 0.2) is 76.5 Å². The highest BCUT2D eigenvalue weighted by Gasteiger charge is 2.37. The SMILES string of the molecule is CCOC(=O)c1ccc2c(c1)N(CC(=O)Nc1ccccc1C(=O)OCC)C(=O)c1ccccc1S2(=O)=O. The van der Waals surface area contributed by atoms with Crippen LogP contribution in [0.1, 0.15) is 44.9 Å². The lowest BCUT2D eigenvalue weighted by Gasteiger charge is -2.23. The Morgan fingerprint density at radius 2 is 1.50 bits per heavy atom. The second-order valence-electron chi connectivity index (χ2n) is 8.11. The van der Waals surface area contributed by atoms with Gasteiger partial charge in [0.15, 0.2) is 0 Å². The van der Waals surface area contributed by atoms with E-state index in [9.17, 15) is 27.6 Å². The first-order valence-corrected chi connectivity index (χ1v) is 13.2. The molecular formula is C27H24N2O8S. The van der Waals surface area contributed by atoms with Gasteiger partial charge in [-0.3, -0.25) is 14.5 Å². The van der Waals surface area contributed by atoms with E-state index in [1.165, 1.54) is 54.6 Å². The Morgan fingerprint density at radius 3 is 2.24 bits per heavy atom. The van der Waals surface area contributed by atoms with E-state index in [1.54, 1.807) is 26.0 Å². The minimum absolute atomic E-state index is 0.0117. The summed E-state index contributed by atoms with van der Waals surface area (Å²) in [6.07, 6.45) is 0. The number of carbonyl (C=O) groups is 4. The van der Waals surface area contributed by atoms with Gasteiger partial charge in [-0.2, -0.15) is 0 Å². The summed E-state index contributed by atoms with van der Waals surface area (Å²) in [4.78, 5) is 52.1. The minimum Gasteiger partial charge on any atom is -0.462 e. The molecule has 4 rings (SSSR count). The molecule has 10 nitrogen and oxygen atoms in total. The number of hydrogen-bond acceptors (Lipinski definition) is 8. The van der Waals surface area contributed by atoms with E-state index < -0.39 is 40.1 Å². The Kier molecular flexibility index (Phi) is 7.58. The van der Waals surface area contributed by atoms with Crippen molar-refractivity contribution in [3.63, 3.8) is 0 Å². The van der Waals surface area contributed by atoms with Gasteiger partial charge < -0.3 is 14.8 Å². The summed E-state index contributed by atoms with van der Waals surface area (Å²) < 4.78 is 37.1. The van der Waals surface area contributed by atoms with E-state index in [0.717, 1.165) is 4.90 Å². The Hall–Kier alpha value is -4.51. The van der Waals surface area contributed by atoms with Gasteiger partial charge in [-0.1, -0.05) is 24.3 Å². The molecule has 38 heavy (non-hydrogen) atoms. The topological polar surface area (TPSA) is 136 Å². The molecule has 3 aromatic rings. The van der Waals surface area contributed by atoms with E-state index in [4.69, 9.17) is 9.47 Å². The first-order chi connectivity index (χ1) is 18.2. The molecule has 196 valence electrons. The number of benzene rings is 3. The maximum absolute atomic E-state index is 13.6. The maximum Gasteiger partial charge on any atom is 0.340 e. The first-order valence-electron chi connectivity index (χ1n) is 11.7. The van der Waals surface area contributed by atoms with E-state index in [2.05, 4.69) is 5.32 Å². The molecule has 0 saturated carbocycles. The number of nitrogens with one attached hydrogen (secondary N) is 1. The van der Waals surface area contributed by atoms with Crippen molar-refractivity contribution in [2.24, 2.45) is 0 Å². The molecule has 1 heterocycles. The number of carbonyl (C=O) groups excluding carboxylic acids is 4. The first kappa shape index (κ1) is 26.6. The van der Waals surface area contributed by atoms with Gasteiger partial charge in [0.05, 0.1) is 51.1 Å². The fourth-order valence-corrected chi connectivity index (χ4v) is 5.65. The Morgan fingerprint density at radius 1 is 0.842 bits per heavy atom. The van der Waals surface area contributed by atoms with Crippen molar-refractivity contribution in [1.29, 1.82) is 0 Å². The van der Waals surface area contributed by atoms with Crippen LogP contribution in [0.3, 0.4) is 0 Å². The molecule has 0 bridgehead atoms. The number of esters is 2. The molecule has 0 atom stereocenters. The third-order valence-electron chi connectivity index (χ3n) is 5.70. The quantitative estimate of drug-likeness (QED) is 0.454. The van der Waals surface area contributed by atoms with Crippen molar-refractivity contribution in [2.45, 2.75) is 23.6 Å². The van der Waals surface area contributed by atoms with E-state index in [1.807, 2.05) is 0 Å². The third-order valence-corrected chi connectivity index (χ3v) is 7.56. The summed E-state index contributed by atoms with van der Waals surface area (Å²) in [7, 11) is -4.18. The lowest BCUT2D eigenvalue weighted by molar-refractivity contribution is -0.114. The summed E-state index contributed by atoms with van der Waals surface area (Å²) in [5.74, 6) is -2.81. The van der Waals surface area contributed by atoms with Crippen molar-refractivity contribution in [2.75, 3.05) is 30.0 Å². The predicted molar refractivity (Wildman–Crippen MR) is 137 cm³/mol. The standard InChI is InChI=1S/C27H24N2O8S/c1-3-36-26(32)17-13-14-23-21(15-17)29(25(31)19-10-6-8-12-22(19)38(23,34)35)16-24(30)28-20-11-7-5-9-18(20)27(33)37-4-2/h5-15H,3-4,16H2,1-2H3,(H,28,30). The molecule has 0 aromatic heterocycles. The molecule has 0 spiro atoms. The van der Waals surface area contributed by atoms with Crippen LogP contribution in [0, 0.1) is 0 Å². The number of anilines is 2. The third kappa shape index (κ3) is 5.00. The molecular weight excluding hydrogens is 512 g/mol. The zero-order valence-corrected chi connectivity index (χ0v) is 21.4. The monoisotopic (exact) mass is 536 g/mol. The van der Waals surface area contributed by atoms with Crippen molar-refractivity contribution >= 4 is 45.0 Å². The number of nitrogens with zero attached hydrogens (tertiary/aromatic N) is 1. The van der Waals surface area contributed by atoms with Gasteiger partial charge in [0.1, 0.15) is 6.54 Å².